The van der Waals surface area contributed by atoms with E-state index in [1.54, 1.807) is 6.92 Å². The summed E-state index contributed by atoms with van der Waals surface area (Å²) in [5.41, 5.74) is -3.00. The minimum atomic E-state index is -1.21. The molecule has 1 N–H and O–H groups in total. The predicted molar refractivity (Wildman–Crippen MR) is 142 cm³/mol. The number of non-ortho nitro benzene ring substituents is 1. The standard InChI is InChI=1S/C19H38N2O2.C6H3N3O7/c1-18(22)23-19(16-20(2)12-8-4-5-9-13-20)17-21(3)14-10-6-7-11-15-21;10-6-4(8(13)14)1-3(7(11)12)2-5(6)9(15)16/h19H,4-17H2,1-3H3;1-2,10H/q+2;. The fourth-order valence-electron chi connectivity index (χ4n) is 5.59. The van der Waals surface area contributed by atoms with Crippen LogP contribution in [0.1, 0.15) is 58.3 Å². The van der Waals surface area contributed by atoms with Crippen molar-refractivity contribution in [3.63, 3.8) is 0 Å². The molecule has 2 fully saturated rings. The Balaban J connectivity index is 0.000000293. The Morgan fingerprint density at radius 3 is 1.44 bits per heavy atom. The number of aromatic hydroxyl groups is 1. The maximum atomic E-state index is 11.6. The first-order valence-corrected chi connectivity index (χ1v) is 13.4. The van der Waals surface area contributed by atoms with E-state index in [0.717, 1.165) is 22.1 Å². The highest BCUT2D eigenvalue weighted by atomic mass is 16.6. The SMILES string of the molecule is CC(=O)OC(C[N+]1(C)CCCCCC1)C[N+]1(C)CCCCCC1.O=[N+]([O-])c1cc([N+](=O)[O-])c(O)c([N+](=O)[O-])c1. The molecule has 39 heavy (non-hydrogen) atoms. The monoisotopic (exact) mass is 555 g/mol. The second-order valence-corrected chi connectivity index (χ2v) is 11.2. The number of likely N-dealkylation sites (N-methyl/N-ethyl adjacent to an activating group) is 2. The van der Waals surface area contributed by atoms with Crippen LogP contribution in [-0.2, 0) is 9.53 Å². The van der Waals surface area contributed by atoms with Crippen LogP contribution in [0.25, 0.3) is 0 Å². The quantitative estimate of drug-likeness (QED) is 0.214. The van der Waals surface area contributed by atoms with E-state index in [9.17, 15) is 35.1 Å². The average molecular weight is 556 g/mol. The Bertz CT molecular complexity index is 970. The number of rotatable bonds is 8. The topological polar surface area (TPSA) is 176 Å². The maximum Gasteiger partial charge on any atom is 0.324 e. The van der Waals surface area contributed by atoms with Crippen LogP contribution in [0.3, 0.4) is 0 Å². The van der Waals surface area contributed by atoms with Crippen LogP contribution < -0.4 is 0 Å². The van der Waals surface area contributed by atoms with Gasteiger partial charge in [-0.3, -0.25) is 35.1 Å². The second kappa shape index (κ2) is 14.1. The lowest BCUT2D eigenvalue weighted by Gasteiger charge is -2.40. The molecule has 1 aromatic rings. The van der Waals surface area contributed by atoms with Crippen LogP contribution in [0.15, 0.2) is 12.1 Å². The average Bonchev–Trinajstić information content (AvgIpc) is 3.18. The molecule has 0 saturated carbocycles. The minimum Gasteiger partial charge on any atom is -0.497 e. The number of hydrogen-bond acceptors (Lipinski definition) is 9. The van der Waals surface area contributed by atoms with Gasteiger partial charge in [-0.25, -0.2) is 0 Å². The highest BCUT2D eigenvalue weighted by molar-refractivity contribution is 5.66. The lowest BCUT2D eigenvalue weighted by Crippen LogP contribution is -2.57. The number of likely N-dealkylation sites (tertiary alicyclic amines) is 2. The molecule has 0 spiro atoms. The van der Waals surface area contributed by atoms with E-state index in [1.165, 1.54) is 77.5 Å². The lowest BCUT2D eigenvalue weighted by molar-refractivity contribution is -0.931. The summed E-state index contributed by atoms with van der Waals surface area (Å²) in [7, 11) is 4.73. The van der Waals surface area contributed by atoms with Crippen LogP contribution in [0.2, 0.25) is 0 Å². The number of nitrogens with zero attached hydrogens (tertiary/aromatic N) is 5. The smallest absolute Gasteiger partial charge is 0.324 e. The number of benzene rings is 1. The number of ether oxygens (including phenoxy) is 1. The summed E-state index contributed by atoms with van der Waals surface area (Å²) in [6.07, 6.45) is 10.8. The highest BCUT2D eigenvalue weighted by Crippen LogP contribution is 2.39. The van der Waals surface area contributed by atoms with E-state index >= 15 is 0 Å². The molecule has 218 valence electrons. The Hall–Kier alpha value is -3.39. The first kappa shape index (κ1) is 31.8. The summed E-state index contributed by atoms with van der Waals surface area (Å²) in [6, 6.07) is 0.894. The zero-order valence-corrected chi connectivity index (χ0v) is 23.1. The van der Waals surface area contributed by atoms with E-state index in [1.807, 2.05) is 0 Å². The zero-order chi connectivity index (χ0) is 29.2. The van der Waals surface area contributed by atoms with Crippen molar-refractivity contribution in [3.05, 3.63) is 42.5 Å². The summed E-state index contributed by atoms with van der Waals surface area (Å²) < 4.78 is 7.96. The number of carbonyl (C=O) groups excluding carboxylic acids is 1. The molecule has 0 aromatic heterocycles. The van der Waals surface area contributed by atoms with Crippen molar-refractivity contribution in [2.75, 3.05) is 53.4 Å². The van der Waals surface area contributed by atoms with Gasteiger partial charge in [-0.1, -0.05) is 0 Å². The molecule has 0 atom stereocenters. The molecule has 2 saturated heterocycles. The molecule has 3 rings (SSSR count). The van der Waals surface area contributed by atoms with Gasteiger partial charge in [-0.05, 0) is 51.4 Å². The third-order valence-corrected chi connectivity index (χ3v) is 7.57. The Morgan fingerprint density at radius 2 is 1.15 bits per heavy atom. The van der Waals surface area contributed by atoms with E-state index in [-0.39, 0.29) is 12.1 Å². The number of hydrogen-bond donors (Lipinski definition) is 1. The molecule has 0 unspecified atom stereocenters. The third-order valence-electron chi connectivity index (χ3n) is 7.57. The van der Waals surface area contributed by atoms with Crippen molar-refractivity contribution in [1.29, 1.82) is 0 Å². The number of nitro benzene ring substituents is 3. The molecule has 0 radical (unpaired) electrons. The van der Waals surface area contributed by atoms with Gasteiger partial charge in [0.05, 0.1) is 67.2 Å². The molecule has 14 heteroatoms. The number of nitro groups is 3. The van der Waals surface area contributed by atoms with Crippen molar-refractivity contribution in [2.45, 2.75) is 64.4 Å². The molecule has 1 aromatic carbocycles. The second-order valence-electron chi connectivity index (χ2n) is 11.2. The Kier molecular flexibility index (Phi) is 11.5. The number of carbonyl (C=O) groups is 1. The molecule has 2 aliphatic rings. The number of phenolic OH excluding ortho intramolecular Hbond substituents is 1. The van der Waals surface area contributed by atoms with Gasteiger partial charge in [0.2, 0.25) is 0 Å². The Labute approximate surface area is 227 Å². The van der Waals surface area contributed by atoms with Crippen LogP contribution in [0.5, 0.6) is 5.75 Å². The Morgan fingerprint density at radius 1 is 0.795 bits per heavy atom. The molecular weight excluding hydrogens is 514 g/mol. The van der Waals surface area contributed by atoms with Gasteiger partial charge in [0, 0.05) is 6.92 Å². The molecule has 0 bridgehead atoms. The van der Waals surface area contributed by atoms with Crippen molar-refractivity contribution in [1.82, 2.24) is 0 Å². The zero-order valence-electron chi connectivity index (χ0n) is 23.1. The number of phenols is 1. The van der Waals surface area contributed by atoms with Gasteiger partial charge >= 0.3 is 17.3 Å². The normalized spacial score (nSPS) is 18.6. The number of esters is 1. The van der Waals surface area contributed by atoms with Crippen LogP contribution in [0, 0.1) is 30.3 Å². The van der Waals surface area contributed by atoms with Gasteiger partial charge in [0.15, 0.2) is 6.10 Å². The molecular formula is C25H41N5O9+2. The minimum absolute atomic E-state index is 0.0682. The van der Waals surface area contributed by atoms with Crippen LogP contribution in [0.4, 0.5) is 17.1 Å². The van der Waals surface area contributed by atoms with Crippen molar-refractivity contribution in [2.24, 2.45) is 0 Å². The maximum absolute atomic E-state index is 11.6. The lowest BCUT2D eigenvalue weighted by atomic mass is 10.2. The van der Waals surface area contributed by atoms with Crippen LogP contribution in [-0.4, -0.2) is 94.3 Å². The van der Waals surface area contributed by atoms with Gasteiger partial charge in [-0.2, -0.15) is 0 Å². The van der Waals surface area contributed by atoms with Crippen LogP contribution >= 0.6 is 0 Å². The molecule has 2 heterocycles. The van der Waals surface area contributed by atoms with Gasteiger partial charge in [0.25, 0.3) is 11.4 Å². The summed E-state index contributed by atoms with van der Waals surface area (Å²) in [6.45, 7) is 8.50. The van der Waals surface area contributed by atoms with Crippen molar-refractivity contribution in [3.8, 4) is 5.75 Å². The van der Waals surface area contributed by atoms with Gasteiger partial charge in [0.1, 0.15) is 13.1 Å². The van der Waals surface area contributed by atoms with E-state index in [4.69, 9.17) is 9.84 Å². The van der Waals surface area contributed by atoms with Gasteiger partial charge < -0.3 is 18.8 Å². The first-order chi connectivity index (χ1) is 18.3. The fourth-order valence-corrected chi connectivity index (χ4v) is 5.59. The summed E-state index contributed by atoms with van der Waals surface area (Å²) in [5.74, 6) is -1.32. The molecule has 0 amide bonds. The molecule has 14 nitrogen and oxygen atoms in total. The van der Waals surface area contributed by atoms with Crippen molar-refractivity contribution < 1.29 is 38.4 Å². The summed E-state index contributed by atoms with van der Waals surface area (Å²) in [5, 5.41) is 40.2. The first-order valence-electron chi connectivity index (χ1n) is 13.4. The van der Waals surface area contributed by atoms with Gasteiger partial charge in [-0.15, -0.1) is 0 Å². The number of quaternary nitrogens is 2. The van der Waals surface area contributed by atoms with E-state index < -0.39 is 37.6 Å². The van der Waals surface area contributed by atoms with E-state index in [0.29, 0.717) is 12.1 Å². The summed E-state index contributed by atoms with van der Waals surface area (Å²) >= 11 is 0. The predicted octanol–water partition coefficient (Wildman–Crippen LogP) is 4.08. The fraction of sp³-hybridized carbons (Fsp3) is 0.720. The van der Waals surface area contributed by atoms with Crippen molar-refractivity contribution >= 4 is 23.0 Å². The third kappa shape index (κ3) is 10.0. The highest BCUT2D eigenvalue weighted by Gasteiger charge is 2.35. The largest absolute Gasteiger partial charge is 0.497 e. The van der Waals surface area contributed by atoms with E-state index in [2.05, 4.69) is 14.1 Å². The molecule has 0 aliphatic carbocycles. The summed E-state index contributed by atoms with van der Waals surface area (Å²) in [4.78, 5) is 39.4. The molecule has 2 aliphatic heterocycles.